The molecule has 6 aliphatic heterocycles. The van der Waals surface area contributed by atoms with Gasteiger partial charge in [-0.05, 0) is 112 Å². The zero-order chi connectivity index (χ0) is 91.7. The summed E-state index contributed by atoms with van der Waals surface area (Å²) < 4.78 is 122. The summed E-state index contributed by atoms with van der Waals surface area (Å²) in [4.78, 5) is 90.8. The van der Waals surface area contributed by atoms with Crippen molar-refractivity contribution in [1.82, 2.24) is 74.3 Å². The number of rotatable bonds is 24. The molecule has 36 nitrogen and oxygen atoms in total. The molecule has 0 spiro atoms. The molecule has 0 bridgehead atoms. The number of likely N-dealkylation sites (N-methyl/N-ethyl adjacent to an activating group) is 3. The molecule has 129 heavy (non-hydrogen) atoms. The Morgan fingerprint density at radius 2 is 0.643 bits per heavy atom. The summed E-state index contributed by atoms with van der Waals surface area (Å²) in [6, 6.07) is 36.2. The molecular weight excluding hydrogens is 1690 g/mol. The number of carbonyl (C=O) groups excluding carboxylic acids is 3. The number of piperidine rings is 3. The third-order valence-corrected chi connectivity index (χ3v) is 22.5. The maximum atomic E-state index is 14.8. The molecule has 0 radical (unpaired) electrons. The lowest BCUT2D eigenvalue weighted by Crippen LogP contribution is -2.55. The van der Waals surface area contributed by atoms with Crippen LogP contribution in [0.3, 0.4) is 0 Å². The first-order chi connectivity index (χ1) is 62.1. The number of aromatic nitrogens is 9. The number of nitriles is 3. The van der Waals surface area contributed by atoms with Gasteiger partial charge in [0, 0.05) is 152 Å². The number of piperazine rings is 3. The largest absolute Gasteiger partial charge is 0.483 e. The first-order valence-electron chi connectivity index (χ1n) is 41.3. The number of amides is 3. The second-order valence-electron chi connectivity index (χ2n) is 31.1. The standard InChI is InChI=1S/3C29H32F2N8O4/c3*1-37-9-11-38(12-10-37)22-4-6-25(36-28(22)42-2)35-26-14-21(33-18-34-26)19-3-5-23(20(13-19)15-32)43-24-7-8-39(27(41)16-40)17-29(24,30)31/h3*3-6,13-14,18,24,40H,7-12,16-17H2,1-2H3,(H,33,34,35,36)/t2*24-;/m10./s1. The van der Waals surface area contributed by atoms with Crippen molar-refractivity contribution in [3.8, 4) is 86.9 Å². The van der Waals surface area contributed by atoms with Crippen molar-refractivity contribution >= 4 is 69.7 Å². The van der Waals surface area contributed by atoms with Gasteiger partial charge in [-0.3, -0.25) is 14.4 Å². The van der Waals surface area contributed by atoms with Crippen LogP contribution in [0.2, 0.25) is 0 Å². The highest BCUT2D eigenvalue weighted by Gasteiger charge is 2.50. The molecule has 678 valence electrons. The number of pyridine rings is 3. The second-order valence-corrected chi connectivity index (χ2v) is 31.1. The third kappa shape index (κ3) is 23.0. The Balaban J connectivity index is 0.000000165. The van der Waals surface area contributed by atoms with E-state index in [1.54, 1.807) is 57.7 Å². The normalized spacial score (nSPS) is 18.6. The van der Waals surface area contributed by atoms with Gasteiger partial charge in [0.25, 0.3) is 0 Å². The number of carbonyl (C=O) groups is 3. The fraction of sp³-hybridized carbons (Fsp3) is 0.414. The Bertz CT molecular complexity index is 5060. The van der Waals surface area contributed by atoms with Crippen LogP contribution in [0.5, 0.6) is 34.9 Å². The minimum atomic E-state index is -3.36. The van der Waals surface area contributed by atoms with Crippen molar-refractivity contribution in [2.24, 2.45) is 0 Å². The summed E-state index contributed by atoms with van der Waals surface area (Å²) in [7, 11) is 11.0. The van der Waals surface area contributed by atoms with E-state index >= 15 is 0 Å². The Morgan fingerprint density at radius 3 is 0.876 bits per heavy atom. The molecule has 3 atom stereocenters. The molecule has 3 aromatic carbocycles. The van der Waals surface area contributed by atoms with Crippen LogP contribution < -0.4 is 59.1 Å². The van der Waals surface area contributed by atoms with E-state index in [4.69, 9.17) is 43.7 Å². The number of anilines is 9. The van der Waals surface area contributed by atoms with Crippen LogP contribution in [-0.4, -0.2) is 323 Å². The Labute approximate surface area is 738 Å². The van der Waals surface area contributed by atoms with Crippen LogP contribution in [0.4, 0.5) is 78.3 Å². The zero-order valence-electron chi connectivity index (χ0n) is 71.5. The van der Waals surface area contributed by atoms with Gasteiger partial charge in [-0.15, -0.1) is 0 Å². The highest BCUT2D eigenvalue weighted by atomic mass is 19.3. The molecule has 0 aliphatic carbocycles. The third-order valence-electron chi connectivity index (χ3n) is 22.5. The molecule has 6 N–H and O–H groups in total. The molecule has 0 saturated carbocycles. The molecule has 42 heteroatoms. The van der Waals surface area contributed by atoms with Gasteiger partial charge >= 0.3 is 17.8 Å². The van der Waals surface area contributed by atoms with Gasteiger partial charge < -0.3 is 104 Å². The van der Waals surface area contributed by atoms with E-state index in [1.165, 1.54) is 55.4 Å². The monoisotopic (exact) mass is 1780 g/mol. The van der Waals surface area contributed by atoms with Crippen molar-refractivity contribution < 1.29 is 84.5 Å². The smallest absolute Gasteiger partial charge is 0.301 e. The van der Waals surface area contributed by atoms with Crippen LogP contribution in [0.1, 0.15) is 36.0 Å². The van der Waals surface area contributed by atoms with Crippen LogP contribution >= 0.6 is 0 Å². The molecule has 15 rings (SSSR count). The average Bonchev–Trinajstić information content (AvgIpc) is 0.793. The number of aliphatic hydroxyl groups excluding tert-OH is 3. The molecule has 1 unspecified atom stereocenters. The molecule has 3 amide bonds. The summed E-state index contributed by atoms with van der Waals surface area (Å²) >= 11 is 0. The maximum absolute atomic E-state index is 14.8. The Hall–Kier alpha value is -13.8. The van der Waals surface area contributed by atoms with E-state index in [0.29, 0.717) is 86.3 Å². The molecule has 6 fully saturated rings. The van der Waals surface area contributed by atoms with Gasteiger partial charge in [-0.1, -0.05) is 0 Å². The minimum absolute atomic E-state index is 0.00185. The fourth-order valence-electron chi connectivity index (χ4n) is 15.2. The van der Waals surface area contributed by atoms with Crippen LogP contribution in [0.25, 0.3) is 33.8 Å². The van der Waals surface area contributed by atoms with Gasteiger partial charge in [0.15, 0.2) is 18.3 Å². The average molecular weight is 1780 g/mol. The first kappa shape index (κ1) is 92.8. The van der Waals surface area contributed by atoms with Crippen molar-refractivity contribution in [3.63, 3.8) is 0 Å². The summed E-state index contributed by atoms with van der Waals surface area (Å²) in [6.45, 7) is 5.86. The highest BCUT2D eigenvalue weighted by molar-refractivity contribution is 5.79. The number of nitrogens with zero attached hydrogens (tertiary/aromatic N) is 21. The number of hydrogen-bond donors (Lipinski definition) is 6. The Kier molecular flexibility index (Phi) is 30.0. The number of aliphatic hydroxyl groups is 3. The molecule has 6 aromatic heterocycles. The van der Waals surface area contributed by atoms with E-state index in [2.05, 4.69) is 111 Å². The van der Waals surface area contributed by atoms with E-state index in [9.17, 15) is 56.5 Å². The topological polar surface area (TPSA) is 420 Å². The number of halogens is 6. The van der Waals surface area contributed by atoms with Gasteiger partial charge in [0.1, 0.15) is 126 Å². The predicted octanol–water partition coefficient (Wildman–Crippen LogP) is 7.56. The van der Waals surface area contributed by atoms with Crippen molar-refractivity contribution in [2.45, 2.75) is 55.3 Å². The fourth-order valence-corrected chi connectivity index (χ4v) is 15.2. The maximum Gasteiger partial charge on any atom is 0.301 e. The number of nitrogens with one attached hydrogen (secondary N) is 3. The van der Waals surface area contributed by atoms with Crippen LogP contribution in [0, 0.1) is 34.0 Å². The molecule has 12 heterocycles. The molecule has 6 aliphatic rings. The zero-order valence-corrected chi connectivity index (χ0v) is 71.5. The SMILES string of the molecule is COc1nc(Nc2cc(-c3ccc(OC4CCN(C(=O)CO)CC4(F)F)c(C#N)c3)ncn2)ccc1N1CCN(C)CC1.COc1nc(Nc2cc(-c3ccc(O[C@@H]4CCN(C(=O)CO)CC4(F)F)c(C#N)c3)ncn2)ccc1N1CCN(C)CC1.COc1nc(Nc2cc(-c3ccc(O[C@H]4CCN(C(=O)CO)CC4(F)F)c(C#N)c3)ncn2)ccc1N1CCN(C)CC1. The number of methoxy groups -OCH3 is 3. The number of hydrogen-bond acceptors (Lipinski definition) is 33. The van der Waals surface area contributed by atoms with Crippen molar-refractivity contribution in [3.05, 3.63) is 145 Å². The van der Waals surface area contributed by atoms with Crippen molar-refractivity contribution in [2.75, 3.05) is 211 Å². The van der Waals surface area contributed by atoms with E-state index < -0.39 is 93.3 Å². The van der Waals surface area contributed by atoms with Gasteiger partial charge in [-0.2, -0.15) is 30.7 Å². The minimum Gasteiger partial charge on any atom is -0.483 e. The molecule has 6 saturated heterocycles. The number of ether oxygens (including phenoxy) is 6. The van der Waals surface area contributed by atoms with Gasteiger partial charge in [0.05, 0.1) is 74.7 Å². The van der Waals surface area contributed by atoms with E-state index in [0.717, 1.165) is 110 Å². The number of benzene rings is 3. The Morgan fingerprint density at radius 1 is 0.380 bits per heavy atom. The van der Waals surface area contributed by atoms with Crippen molar-refractivity contribution in [1.29, 1.82) is 15.8 Å². The van der Waals surface area contributed by atoms with Crippen LogP contribution in [-0.2, 0) is 14.4 Å². The number of alkyl halides is 6. The lowest BCUT2D eigenvalue weighted by atomic mass is 10.0. The first-order valence-corrected chi connectivity index (χ1v) is 41.3. The van der Waals surface area contributed by atoms with Crippen LogP contribution in [0.15, 0.2) is 128 Å². The summed E-state index contributed by atoms with van der Waals surface area (Å²) in [6.07, 6.45) is -0.950. The predicted molar refractivity (Wildman–Crippen MR) is 461 cm³/mol. The lowest BCUT2D eigenvalue weighted by Gasteiger charge is -2.38. The summed E-state index contributed by atoms with van der Waals surface area (Å²) in [5.41, 5.74) is 6.05. The summed E-state index contributed by atoms with van der Waals surface area (Å²) in [5, 5.41) is 65.7. The van der Waals surface area contributed by atoms with Gasteiger partial charge in [0.2, 0.25) is 35.4 Å². The van der Waals surface area contributed by atoms with Gasteiger partial charge in [-0.25, -0.2) is 56.2 Å². The summed E-state index contributed by atoms with van der Waals surface area (Å²) in [5.74, 6) is -7.97. The quantitative estimate of drug-likeness (QED) is 0.0318. The number of likely N-dealkylation sites (tertiary alicyclic amines) is 3. The van der Waals surface area contributed by atoms with E-state index in [1.807, 2.05) is 54.6 Å². The molecule has 9 aromatic rings. The highest BCUT2D eigenvalue weighted by Crippen LogP contribution is 2.41. The molecular formula is C87H96F6N24O12. The second kappa shape index (κ2) is 41.7. The van der Waals surface area contributed by atoms with E-state index in [-0.39, 0.29) is 72.8 Å². The lowest BCUT2D eigenvalue weighted by molar-refractivity contribution is -0.162.